The van der Waals surface area contributed by atoms with Crippen molar-refractivity contribution < 1.29 is 43.1 Å². The van der Waals surface area contributed by atoms with Crippen molar-refractivity contribution in [3.63, 3.8) is 0 Å². The number of carbonyl (C=O) groups excluding carboxylic acids is 6. The van der Waals surface area contributed by atoms with E-state index in [0.717, 1.165) is 50.5 Å². The number of amides is 4. The molecule has 2 aromatic carbocycles. The number of rotatable bonds is 15. The second-order valence-electron chi connectivity index (χ2n) is 18.0. The molecule has 2 aliphatic carbocycles. The Balaban J connectivity index is 1.15. The minimum Gasteiger partial charge on any atom is -0.454 e. The molecule has 5 aliphatic rings. The van der Waals surface area contributed by atoms with Crippen LogP contribution >= 0.6 is 0 Å². The van der Waals surface area contributed by atoms with E-state index < -0.39 is 58.6 Å². The smallest absolute Gasteiger partial charge is 0.289 e. The predicted molar refractivity (Wildman–Crippen MR) is 218 cm³/mol. The highest BCUT2D eigenvalue weighted by Gasteiger charge is 2.56. The molecule has 3 fully saturated rings. The normalized spacial score (nSPS) is 22.8. The van der Waals surface area contributed by atoms with Crippen LogP contribution in [-0.4, -0.2) is 88.9 Å². The standard InChI is InChI=1S/C45H57N5O9/c1-5-12-32(38(52)42(55)46-30-18-19-30)47-41(54)34-24-45(23-33(49-59-45)29-17-20-36-37(21-29)58-26-57-36)25-50(34)43(56)39(44(2,3)4)48-40(53)31(27-13-8-6-9-14-27)22-35(51)28-15-10-7-11-16-28/h7,10-11,15-17,20-21,27,30-32,34,39H,5-6,8-9,12-14,18-19,22-26H2,1-4H3,(H,46,55)(H,47,54)(H,48,53)/t31-,32-,34-,39+,45+/m0/s1. The van der Waals surface area contributed by atoms with Crippen molar-refractivity contribution in [1.29, 1.82) is 0 Å². The summed E-state index contributed by atoms with van der Waals surface area (Å²) in [7, 11) is 0. The fraction of sp³-hybridized carbons (Fsp3) is 0.578. The van der Waals surface area contributed by atoms with E-state index in [4.69, 9.17) is 14.3 Å². The van der Waals surface area contributed by atoms with E-state index in [0.29, 0.717) is 29.2 Å². The van der Waals surface area contributed by atoms with Crippen molar-refractivity contribution in [3.05, 3.63) is 59.7 Å². The van der Waals surface area contributed by atoms with Gasteiger partial charge in [0.2, 0.25) is 30.3 Å². The Labute approximate surface area is 345 Å². The molecule has 316 valence electrons. The zero-order valence-electron chi connectivity index (χ0n) is 34.6. The highest BCUT2D eigenvalue weighted by molar-refractivity contribution is 6.38. The van der Waals surface area contributed by atoms with Gasteiger partial charge in [-0.2, -0.15) is 0 Å². The van der Waals surface area contributed by atoms with Gasteiger partial charge in [-0.05, 0) is 61.6 Å². The Kier molecular flexibility index (Phi) is 12.4. The minimum absolute atomic E-state index is 0.0123. The molecule has 59 heavy (non-hydrogen) atoms. The summed E-state index contributed by atoms with van der Waals surface area (Å²) in [5, 5.41) is 13.1. The lowest BCUT2D eigenvalue weighted by Crippen LogP contribution is -2.60. The monoisotopic (exact) mass is 811 g/mol. The Morgan fingerprint density at radius 2 is 1.64 bits per heavy atom. The van der Waals surface area contributed by atoms with Crippen molar-refractivity contribution in [2.24, 2.45) is 22.4 Å². The molecule has 0 unspecified atom stereocenters. The molecule has 0 radical (unpaired) electrons. The van der Waals surface area contributed by atoms with Gasteiger partial charge in [-0.25, -0.2) is 0 Å². The van der Waals surface area contributed by atoms with E-state index in [2.05, 4.69) is 21.1 Å². The first-order valence-electron chi connectivity index (χ1n) is 21.2. The summed E-state index contributed by atoms with van der Waals surface area (Å²) in [6.45, 7) is 7.49. The lowest BCUT2D eigenvalue weighted by molar-refractivity contribution is -0.146. The third-order valence-electron chi connectivity index (χ3n) is 12.3. The minimum atomic E-state index is -1.12. The fourth-order valence-corrected chi connectivity index (χ4v) is 8.84. The van der Waals surface area contributed by atoms with Crippen LogP contribution in [-0.2, 0) is 28.8 Å². The molecule has 14 nitrogen and oxygen atoms in total. The molecule has 2 saturated carbocycles. The number of hydrogen-bond donors (Lipinski definition) is 3. The molecular formula is C45H57N5O9. The van der Waals surface area contributed by atoms with Crippen molar-refractivity contribution in [2.45, 2.75) is 135 Å². The van der Waals surface area contributed by atoms with Crippen LogP contribution in [0.25, 0.3) is 0 Å². The molecule has 1 saturated heterocycles. The summed E-state index contributed by atoms with van der Waals surface area (Å²) >= 11 is 0. The zero-order valence-corrected chi connectivity index (χ0v) is 34.6. The molecule has 0 bridgehead atoms. The largest absolute Gasteiger partial charge is 0.454 e. The van der Waals surface area contributed by atoms with E-state index >= 15 is 4.79 Å². The van der Waals surface area contributed by atoms with Gasteiger partial charge in [-0.1, -0.05) is 88.9 Å². The first-order chi connectivity index (χ1) is 28.2. The number of fused-ring (bicyclic) bond motifs is 1. The van der Waals surface area contributed by atoms with Gasteiger partial charge in [0.25, 0.3) is 5.91 Å². The van der Waals surface area contributed by atoms with E-state index in [-0.39, 0.29) is 62.7 Å². The maximum atomic E-state index is 15.1. The van der Waals surface area contributed by atoms with Gasteiger partial charge in [0.1, 0.15) is 12.1 Å². The quantitative estimate of drug-likeness (QED) is 0.165. The van der Waals surface area contributed by atoms with E-state index in [1.807, 2.05) is 45.9 Å². The number of nitrogens with zero attached hydrogens (tertiary/aromatic N) is 2. The summed E-state index contributed by atoms with van der Waals surface area (Å²) in [5.41, 5.74) is -0.0472. The van der Waals surface area contributed by atoms with Crippen LogP contribution in [0.3, 0.4) is 0 Å². The Morgan fingerprint density at radius 3 is 2.34 bits per heavy atom. The van der Waals surface area contributed by atoms with E-state index in [1.54, 1.807) is 30.3 Å². The highest BCUT2D eigenvalue weighted by atomic mass is 16.7. The third-order valence-corrected chi connectivity index (χ3v) is 12.3. The number of Topliss-reactive ketones (excluding diaryl/α,β-unsaturated/α-hetero) is 2. The van der Waals surface area contributed by atoms with Gasteiger partial charge >= 0.3 is 0 Å². The predicted octanol–water partition coefficient (Wildman–Crippen LogP) is 5.01. The van der Waals surface area contributed by atoms with Crippen LogP contribution in [0, 0.1) is 17.3 Å². The molecule has 7 rings (SSSR count). The number of carbonyl (C=O) groups is 6. The summed E-state index contributed by atoms with van der Waals surface area (Å²) in [4.78, 5) is 91.5. The molecular weight excluding hydrogens is 755 g/mol. The highest BCUT2D eigenvalue weighted by Crippen LogP contribution is 2.42. The molecule has 3 aliphatic heterocycles. The first-order valence-corrected chi connectivity index (χ1v) is 21.2. The van der Waals surface area contributed by atoms with Crippen LogP contribution in [0.2, 0.25) is 0 Å². The van der Waals surface area contributed by atoms with Crippen molar-refractivity contribution in [2.75, 3.05) is 13.3 Å². The van der Waals surface area contributed by atoms with Crippen LogP contribution < -0.4 is 25.4 Å². The summed E-state index contributed by atoms with van der Waals surface area (Å²) in [5.74, 6) is -2.56. The summed E-state index contributed by atoms with van der Waals surface area (Å²) < 4.78 is 11.1. The SMILES string of the molecule is CCC[C@H](NC(=O)[C@@H]1C[C@]2(CC(c3ccc4c(c3)OCO4)=NO2)CN1C(=O)[C@@H](NC(=O)[C@@H](CC(=O)c1ccccc1)C1CCCCC1)C(C)(C)C)C(=O)C(=O)NC1CC1. The van der Waals surface area contributed by atoms with Gasteiger partial charge in [-0.3, -0.25) is 28.8 Å². The van der Waals surface area contributed by atoms with Gasteiger partial charge in [0.05, 0.1) is 18.3 Å². The van der Waals surface area contributed by atoms with Crippen LogP contribution in [0.4, 0.5) is 0 Å². The number of likely N-dealkylation sites (tertiary alicyclic amines) is 1. The van der Waals surface area contributed by atoms with Gasteiger partial charge in [-0.15, -0.1) is 0 Å². The number of benzene rings is 2. The second-order valence-corrected chi connectivity index (χ2v) is 18.0. The van der Waals surface area contributed by atoms with Crippen molar-refractivity contribution in [1.82, 2.24) is 20.9 Å². The van der Waals surface area contributed by atoms with Crippen molar-refractivity contribution >= 4 is 40.9 Å². The Hall–Kier alpha value is -5.27. The molecule has 3 N–H and O–H groups in total. The molecule has 4 amide bonds. The summed E-state index contributed by atoms with van der Waals surface area (Å²) in [6, 6.07) is 11.0. The molecule has 5 atom stereocenters. The van der Waals surface area contributed by atoms with Gasteiger partial charge in [0, 0.05) is 42.3 Å². The second kappa shape index (κ2) is 17.5. The number of ether oxygens (including phenoxy) is 2. The first kappa shape index (κ1) is 41.9. The number of hydrogen-bond acceptors (Lipinski definition) is 10. The van der Waals surface area contributed by atoms with E-state index in [1.165, 1.54) is 4.90 Å². The zero-order chi connectivity index (χ0) is 41.9. The molecule has 1 spiro atoms. The number of ketones is 2. The molecule has 3 heterocycles. The molecule has 0 aromatic heterocycles. The number of oxime groups is 1. The third kappa shape index (κ3) is 9.63. The van der Waals surface area contributed by atoms with Gasteiger partial charge in [0.15, 0.2) is 22.9 Å². The Bertz CT molecular complexity index is 1970. The maximum absolute atomic E-state index is 15.1. The maximum Gasteiger partial charge on any atom is 0.289 e. The fourth-order valence-electron chi connectivity index (χ4n) is 8.84. The number of nitrogens with one attached hydrogen (secondary N) is 3. The van der Waals surface area contributed by atoms with E-state index in [9.17, 15) is 24.0 Å². The Morgan fingerprint density at radius 1 is 0.915 bits per heavy atom. The topological polar surface area (TPSA) is 182 Å². The average Bonchev–Trinajstić information content (AvgIpc) is 3.57. The van der Waals surface area contributed by atoms with Crippen molar-refractivity contribution in [3.8, 4) is 11.5 Å². The average molecular weight is 812 g/mol. The molecule has 14 heteroatoms. The van der Waals surface area contributed by atoms with Crippen LogP contribution in [0.15, 0.2) is 53.7 Å². The van der Waals surface area contributed by atoms with Gasteiger partial charge < -0.3 is 35.2 Å². The van der Waals surface area contributed by atoms with Crippen LogP contribution in [0.1, 0.15) is 121 Å². The summed E-state index contributed by atoms with van der Waals surface area (Å²) in [6.07, 6.45) is 7.29. The lowest BCUT2D eigenvalue weighted by atomic mass is 9.76. The lowest BCUT2D eigenvalue weighted by Gasteiger charge is -2.37. The van der Waals surface area contributed by atoms with Crippen LogP contribution in [0.5, 0.6) is 11.5 Å². The molecule has 2 aromatic rings.